The van der Waals surface area contributed by atoms with Gasteiger partial charge in [-0.1, -0.05) is 0 Å². The first-order chi connectivity index (χ1) is 22.8. The molecule has 1 heterocycles. The van der Waals surface area contributed by atoms with E-state index in [0.29, 0.717) is 13.2 Å². The van der Waals surface area contributed by atoms with E-state index < -0.39 is 31.3 Å². The summed E-state index contributed by atoms with van der Waals surface area (Å²) >= 11 is 3.13. The van der Waals surface area contributed by atoms with Gasteiger partial charge in [0.1, 0.15) is 0 Å². The van der Waals surface area contributed by atoms with Crippen LogP contribution in [0.25, 0.3) is 55.1 Å². The van der Waals surface area contributed by atoms with Crippen molar-refractivity contribution in [3.8, 4) is 22.3 Å². The van der Waals surface area contributed by atoms with E-state index in [4.69, 9.17) is 0 Å². The Balaban J connectivity index is 0.00000189. The van der Waals surface area contributed by atoms with Crippen LogP contribution in [0.1, 0.15) is 50.3 Å². The summed E-state index contributed by atoms with van der Waals surface area (Å²) in [7, 11) is -1.88. The van der Waals surface area contributed by atoms with Gasteiger partial charge in [0.2, 0.25) is 0 Å². The van der Waals surface area contributed by atoms with Crippen LogP contribution >= 0.6 is 15.9 Å². The Kier molecular flexibility index (Phi) is 9.20. The normalized spacial score (nSPS) is 18.0. The third-order valence-corrected chi connectivity index (χ3v) is 20.5. The zero-order chi connectivity index (χ0) is 32.2. The van der Waals surface area contributed by atoms with E-state index in [9.17, 15) is 0 Å². The first kappa shape index (κ1) is 34.9. The summed E-state index contributed by atoms with van der Waals surface area (Å²) in [6.45, 7) is 12.6. The van der Waals surface area contributed by atoms with Crippen LogP contribution in [0.15, 0.2) is 125 Å². The number of rotatable bonds is 5. The number of halogens is 3. The molecule has 9 rings (SSSR count). The van der Waals surface area contributed by atoms with Gasteiger partial charge < -0.3 is 24.8 Å². The van der Waals surface area contributed by atoms with Crippen molar-refractivity contribution >= 4 is 62.0 Å². The number of hydrogen-bond donors (Lipinski definition) is 0. The van der Waals surface area contributed by atoms with Crippen molar-refractivity contribution in [2.24, 2.45) is 5.92 Å². The van der Waals surface area contributed by atoms with E-state index in [2.05, 4.69) is 165 Å². The molecule has 0 radical (unpaired) electrons. The molecule has 2 atom stereocenters. The van der Waals surface area contributed by atoms with E-state index in [-0.39, 0.29) is 24.8 Å². The molecule has 0 aromatic heterocycles. The van der Waals surface area contributed by atoms with Gasteiger partial charge in [-0.05, 0) is 0 Å². The molecule has 6 aromatic rings. The van der Waals surface area contributed by atoms with E-state index in [1.807, 2.05) is 0 Å². The predicted molar refractivity (Wildman–Crippen MR) is 204 cm³/mol. The van der Waals surface area contributed by atoms with Gasteiger partial charge in [-0.2, -0.15) is 0 Å². The van der Waals surface area contributed by atoms with Crippen molar-refractivity contribution in [2.45, 2.75) is 41.1 Å². The summed E-state index contributed by atoms with van der Waals surface area (Å²) in [6.07, 6.45) is 2.60. The molecule has 0 N–H and O–H groups in total. The first-order valence-electron chi connectivity index (χ1n) is 16.9. The van der Waals surface area contributed by atoms with Gasteiger partial charge in [-0.3, -0.25) is 0 Å². The molecule has 0 spiro atoms. The molecule has 2 unspecified atom stereocenters. The molecule has 3 aliphatic rings. The molecule has 0 amide bonds. The van der Waals surface area contributed by atoms with Gasteiger partial charge in [0.25, 0.3) is 0 Å². The second kappa shape index (κ2) is 12.9. The molecule has 0 fully saturated rings. The number of benzene rings is 6. The summed E-state index contributed by atoms with van der Waals surface area (Å²) in [5.74, 6) is 0.522. The first-order valence-corrected chi connectivity index (χ1v) is 23.5. The topological polar surface area (TPSA) is 0 Å². The molecule has 1 aliphatic heterocycles. The molecule has 5 heteroatoms. The van der Waals surface area contributed by atoms with Gasteiger partial charge in [0.05, 0.1) is 0 Å². The maximum absolute atomic E-state index is 4.20. The fraction of sp³-hybridized carbons (Fsp3) is 0.182. The summed E-state index contributed by atoms with van der Waals surface area (Å²) in [4.78, 5) is 0. The average molecular weight is 836 g/mol. The smallest absolute Gasteiger partial charge is 1.00 e. The van der Waals surface area contributed by atoms with Crippen molar-refractivity contribution < 1.29 is 48.0 Å². The maximum atomic E-state index is 4.20. The molecule has 2 bridgehead atoms. The van der Waals surface area contributed by atoms with Crippen molar-refractivity contribution in [3.63, 3.8) is 0 Å². The molecular weight excluding hydrogens is 799 g/mol. The van der Waals surface area contributed by atoms with Crippen LogP contribution in [0.4, 0.5) is 0 Å². The molecule has 242 valence electrons. The van der Waals surface area contributed by atoms with Gasteiger partial charge in [0.15, 0.2) is 0 Å². The monoisotopic (exact) mass is 832 g/mol. The van der Waals surface area contributed by atoms with E-state index >= 15 is 0 Å². The summed E-state index contributed by atoms with van der Waals surface area (Å²) in [6, 6.07) is 41.2. The van der Waals surface area contributed by atoms with Crippen LogP contribution in [0, 0.1) is 5.92 Å². The predicted octanol–water partition coefficient (Wildman–Crippen LogP) is 6.27. The van der Waals surface area contributed by atoms with E-state index in [1.165, 1.54) is 53.8 Å². The Bertz CT molecular complexity index is 2380. The second-order valence-electron chi connectivity index (χ2n) is 14.4. The Morgan fingerprint density at radius 3 is 1.92 bits per heavy atom. The van der Waals surface area contributed by atoms with E-state index in [0.717, 1.165) is 0 Å². The molecule has 2 aliphatic carbocycles. The Morgan fingerprint density at radius 2 is 1.24 bits per heavy atom. The van der Waals surface area contributed by atoms with Crippen molar-refractivity contribution in [2.75, 3.05) is 0 Å². The van der Waals surface area contributed by atoms with Crippen LogP contribution in [0.5, 0.6) is 0 Å². The van der Waals surface area contributed by atoms with Crippen LogP contribution in [0.2, 0.25) is 13.1 Å². The zero-order valence-electron chi connectivity index (χ0n) is 28.3. The second-order valence-corrected chi connectivity index (χ2v) is 23.2. The molecular formula is C44H37BrCl2SiZr. The van der Waals surface area contributed by atoms with Crippen LogP contribution in [-0.4, -0.2) is 8.07 Å². The van der Waals surface area contributed by atoms with Crippen molar-refractivity contribution in [1.82, 2.24) is 0 Å². The van der Waals surface area contributed by atoms with Crippen molar-refractivity contribution in [3.05, 3.63) is 147 Å². The fourth-order valence-electron chi connectivity index (χ4n) is 9.10. The van der Waals surface area contributed by atoms with Crippen LogP contribution < -0.4 is 30.0 Å². The van der Waals surface area contributed by atoms with Gasteiger partial charge >= 0.3 is 302 Å². The minimum atomic E-state index is -1.88. The minimum absolute atomic E-state index is 0. The van der Waals surface area contributed by atoms with Crippen LogP contribution in [-0.2, 0) is 23.2 Å². The fourth-order valence-corrected chi connectivity index (χ4v) is 20.0. The largest absolute Gasteiger partial charge is 1.00 e. The van der Waals surface area contributed by atoms with Gasteiger partial charge in [-0.25, -0.2) is 0 Å². The third kappa shape index (κ3) is 5.13. The summed E-state index contributed by atoms with van der Waals surface area (Å²) < 4.78 is 2.47. The number of fused-ring (bicyclic) bond motifs is 4. The third-order valence-electron chi connectivity index (χ3n) is 11.2. The summed E-state index contributed by atoms with van der Waals surface area (Å²) in [5, 5.41) is 8.70. The van der Waals surface area contributed by atoms with Crippen molar-refractivity contribution in [1.29, 1.82) is 0 Å². The average Bonchev–Trinajstić information content (AvgIpc) is 3.65. The standard InChI is InChI=1S/C22H18BrSi.C22H19.2ClH.Zr/c1-13-11-17-18(23)12-19-20(21(17)22(13)24(19,2)3)16-10-6-8-14-7-4-5-9-15(14)16;1-15(2)18-13-17-9-6-12-21(22(17)14-18)20-11-5-8-16-7-3-4-10-19(16)20;;;/h4-12H,1-3H3;3-15H,1-2H3;2*1H;/q;;;;+2/p-2. The molecule has 6 aromatic carbocycles. The molecule has 0 saturated heterocycles. The Labute approximate surface area is 323 Å². The molecule has 0 saturated carbocycles. The summed E-state index contributed by atoms with van der Waals surface area (Å²) in [5.41, 5.74) is 15.3. The Hall–Kier alpha value is -2.52. The van der Waals surface area contributed by atoms with Crippen LogP contribution in [0.3, 0.4) is 0 Å². The van der Waals surface area contributed by atoms with E-state index in [1.54, 1.807) is 38.2 Å². The van der Waals surface area contributed by atoms with Gasteiger partial charge in [-0.15, -0.1) is 0 Å². The molecule has 49 heavy (non-hydrogen) atoms. The minimum Gasteiger partial charge on any atom is -1.00 e. The maximum Gasteiger partial charge on any atom is -1.00 e. The quantitative estimate of drug-likeness (QED) is 0.180. The van der Waals surface area contributed by atoms with Gasteiger partial charge in [0, 0.05) is 0 Å². The Morgan fingerprint density at radius 1 is 0.673 bits per heavy atom. The number of allylic oxidation sites excluding steroid dienone is 2. The zero-order valence-corrected chi connectivity index (χ0v) is 34.9. The number of hydrogen-bond acceptors (Lipinski definition) is 0. The SMILES string of the molecule is CC1=C2c3c(-c4cccc5ccccc45)c(cc(Br)c3[CH]1[Zr+2][CH]1C(C(C)C)=Cc3c(-c4cccc5ccccc45)cccc31)[Si]2(C)C.[Cl-].[Cl-]. The molecule has 0 nitrogen and oxygen atoms in total.